The van der Waals surface area contributed by atoms with E-state index in [0.717, 1.165) is 110 Å². The van der Waals surface area contributed by atoms with Crippen LogP contribution in [-0.4, -0.2) is 192 Å². The van der Waals surface area contributed by atoms with Crippen molar-refractivity contribution in [3.05, 3.63) is 143 Å². The molecular weight excluding hydrogens is 1620 g/mol. The fourth-order valence-corrected chi connectivity index (χ4v) is 19.3. The molecule has 0 radical (unpaired) electrons. The number of ether oxygens (including phenoxy) is 8. The van der Waals surface area contributed by atoms with Gasteiger partial charge in [0.15, 0.2) is 5.78 Å². The molecule has 1 aromatic heterocycles. The molecule has 0 bridgehead atoms. The standard InChI is InChI=1S/C96H131N13O18/c1-8-9-44-120-48-52-124-55-51-123-47-43-109-87-74-20-12-13-21-77(74)108(62-69-17-10-11-19-73(69)86(87)106-107-109)84(114)35-34-81(111)99-42-46-122-50-54-126-57-56-125-53-49-121-45-36-82(112)104-85(64(2)3)78(110)58-68(18-14-41-100-91(98)118)88(115)102-70-28-22-65(23-29-70)63-127-92(119)103-72-31-25-67-27-33-80-94(5,76(67)60-72)38-16-40-96(80,7)90(117)105-89(116)95(6)39-15-37-93(4)75-59-71(101-83(113)61-97)30-24-66(75)26-32-79(93)95/h10-13,17,19-25,28-31,59-60,64,68,79-80,85H,8-9,14-16,18,26-27,32-58,61-63,97H2,1-7H3,(H,99,111)(H,101,113)(H,102,115)(H,103,119)(H,104,112)(H3,98,100,118)(H,105,116,117)/t68-,79-,80-,85+,93-,94-,95+,96+/m1/s1. The Morgan fingerprint density at radius 3 is 1.71 bits per heavy atom. The number of nitrogens with two attached hydrogens (primary N) is 2. The molecule has 0 saturated heterocycles. The van der Waals surface area contributed by atoms with E-state index < -0.39 is 52.1 Å². The van der Waals surface area contributed by atoms with Gasteiger partial charge in [0.05, 0.1) is 134 Å². The minimum absolute atomic E-state index is 0.0172. The maximum atomic E-state index is 14.9. The molecule has 2 fully saturated rings. The summed E-state index contributed by atoms with van der Waals surface area (Å²) in [6, 6.07) is 32.5. The first kappa shape index (κ1) is 97.2. The number of amides is 10. The van der Waals surface area contributed by atoms with Crippen LogP contribution < -0.4 is 53.6 Å². The summed E-state index contributed by atoms with van der Waals surface area (Å²) in [5, 5.41) is 29.2. The number of hydrogen-bond acceptors (Lipinski definition) is 21. The average Bonchev–Trinajstić information content (AvgIpc) is 1.30. The minimum Gasteiger partial charge on any atom is -0.444 e. The normalized spacial score (nSPS) is 20.1. The molecule has 2 saturated carbocycles. The number of rotatable bonds is 48. The number of fused-ring (bicyclic) bond motifs is 11. The molecule has 1 aliphatic heterocycles. The van der Waals surface area contributed by atoms with Gasteiger partial charge in [-0.2, -0.15) is 0 Å². The van der Waals surface area contributed by atoms with E-state index in [9.17, 15) is 47.9 Å². The second-order valence-corrected chi connectivity index (χ2v) is 35.2. The van der Waals surface area contributed by atoms with Crippen molar-refractivity contribution in [3.63, 3.8) is 0 Å². The Labute approximate surface area is 745 Å². The lowest BCUT2D eigenvalue weighted by Crippen LogP contribution is -2.60. The zero-order valence-electron chi connectivity index (χ0n) is 74.9. The molecule has 0 spiro atoms. The number of hydrogen-bond donors (Lipinski definition) is 9. The van der Waals surface area contributed by atoms with Gasteiger partial charge in [0.2, 0.25) is 41.4 Å². The Morgan fingerprint density at radius 1 is 0.551 bits per heavy atom. The van der Waals surface area contributed by atoms with E-state index in [1.807, 2.05) is 97.4 Å². The summed E-state index contributed by atoms with van der Waals surface area (Å²) in [4.78, 5) is 137. The fraction of sp³-hybridized carbons (Fsp3) is 0.562. The molecular formula is C96H131N13O18. The average molecular weight is 1760 g/mol. The third-order valence-corrected chi connectivity index (χ3v) is 26.1. The quantitative estimate of drug-likeness (QED) is 0.0127. The van der Waals surface area contributed by atoms with Crippen LogP contribution in [0.3, 0.4) is 0 Å². The van der Waals surface area contributed by atoms with Crippen molar-refractivity contribution in [1.82, 2.24) is 36.3 Å². The first-order chi connectivity index (χ1) is 61.3. The van der Waals surface area contributed by atoms with Gasteiger partial charge < -0.3 is 80.8 Å². The summed E-state index contributed by atoms with van der Waals surface area (Å²) in [5.41, 5.74) is 20.1. The maximum Gasteiger partial charge on any atom is 0.411 e. The van der Waals surface area contributed by atoms with Crippen LogP contribution in [0.2, 0.25) is 0 Å². The van der Waals surface area contributed by atoms with Gasteiger partial charge in [-0.25, -0.2) is 14.3 Å². The molecule has 31 nitrogen and oxygen atoms in total. The number of primary amides is 1. The number of unbranched alkanes of at least 4 members (excludes halogenated alkanes) is 1. The van der Waals surface area contributed by atoms with Gasteiger partial charge in [-0.1, -0.05) is 140 Å². The summed E-state index contributed by atoms with van der Waals surface area (Å²) < 4.78 is 47.3. The van der Waals surface area contributed by atoms with Crippen LogP contribution in [0, 0.1) is 34.5 Å². The van der Waals surface area contributed by atoms with Crippen molar-refractivity contribution in [2.24, 2.45) is 46.0 Å². The van der Waals surface area contributed by atoms with E-state index in [4.69, 9.17) is 49.4 Å². The SMILES string of the molecule is CCCCOCCOCCOCCn1nnc2c1-c1ccccc1N(C(=O)CCC(=O)NCCOCCOCCOCCOCCC(=O)N[C@H](C(=O)C[C@@H](CCCNC(N)=O)C(=O)Nc1ccc(COC(=O)Nc3ccc4c(c3)[C@@]3(C)CCC[C@](C)(C(=O)NC(=O)[C@@]5(C)CCC[C@]6(C)c7cc(NC(=O)CN)ccc7CC[C@@H]56)[C@@H]3CC4)cc1)C(C)C)Cc1ccccc1-2. The number of aromatic nitrogens is 3. The number of anilines is 4. The third-order valence-electron chi connectivity index (χ3n) is 26.1. The number of aryl methyl sites for hydroxylation is 2. The van der Waals surface area contributed by atoms with E-state index >= 15 is 0 Å². The zero-order valence-corrected chi connectivity index (χ0v) is 74.9. The Balaban J connectivity index is 0.551. The predicted octanol–water partition coefficient (Wildman–Crippen LogP) is 11.5. The highest BCUT2D eigenvalue weighted by molar-refractivity contribution is 6.03. The molecule has 8 atom stereocenters. The molecule has 4 aliphatic carbocycles. The topological polar surface area (TPSA) is 415 Å². The Bertz CT molecular complexity index is 4750. The third kappa shape index (κ3) is 25.8. The summed E-state index contributed by atoms with van der Waals surface area (Å²) in [5.74, 6) is -3.71. The number of imide groups is 1. The Morgan fingerprint density at radius 2 is 1.11 bits per heavy atom. The number of para-hydroxylation sites is 1. The number of carbonyl (C=O) groups excluding carboxylic acids is 10. The van der Waals surface area contributed by atoms with Gasteiger partial charge in [0.1, 0.15) is 12.3 Å². The smallest absolute Gasteiger partial charge is 0.411 e. The van der Waals surface area contributed by atoms with E-state index in [2.05, 4.69) is 74.4 Å². The van der Waals surface area contributed by atoms with Gasteiger partial charge in [-0.3, -0.25) is 49.0 Å². The monoisotopic (exact) mass is 1750 g/mol. The summed E-state index contributed by atoms with van der Waals surface area (Å²) in [6.07, 6.45) is 9.37. The molecule has 688 valence electrons. The second-order valence-electron chi connectivity index (χ2n) is 35.2. The first-order valence-electron chi connectivity index (χ1n) is 45.3. The summed E-state index contributed by atoms with van der Waals surface area (Å²) in [7, 11) is 0. The van der Waals surface area contributed by atoms with Gasteiger partial charge in [-0.05, 0) is 175 Å². The van der Waals surface area contributed by atoms with Gasteiger partial charge in [-0.15, -0.1) is 5.10 Å². The number of nitrogens with zero attached hydrogens (tertiary/aromatic N) is 4. The molecule has 5 aliphatic rings. The minimum atomic E-state index is -0.908. The fourth-order valence-electron chi connectivity index (χ4n) is 19.3. The van der Waals surface area contributed by atoms with Crippen molar-refractivity contribution in [2.75, 3.05) is 133 Å². The lowest BCUT2D eigenvalue weighted by molar-refractivity contribution is -0.150. The number of Topliss-reactive ketones (excluding diaryl/α,β-unsaturated/α-hetero) is 1. The Kier molecular flexibility index (Phi) is 36.0. The highest BCUT2D eigenvalue weighted by atomic mass is 16.6. The van der Waals surface area contributed by atoms with Crippen molar-refractivity contribution in [1.29, 1.82) is 0 Å². The van der Waals surface area contributed by atoms with Crippen molar-refractivity contribution >= 4 is 82.0 Å². The number of ketones is 1. The number of carbonyl (C=O) groups is 10. The van der Waals surface area contributed by atoms with E-state index in [0.29, 0.717) is 106 Å². The summed E-state index contributed by atoms with van der Waals surface area (Å²) >= 11 is 0. The molecule has 11 rings (SSSR count). The van der Waals surface area contributed by atoms with Gasteiger partial charge in [0.25, 0.3) is 0 Å². The van der Waals surface area contributed by atoms with Crippen LogP contribution in [0.5, 0.6) is 0 Å². The van der Waals surface area contributed by atoms with E-state index in [1.165, 1.54) is 5.56 Å². The van der Waals surface area contributed by atoms with Crippen molar-refractivity contribution in [2.45, 2.75) is 201 Å². The molecule has 127 heavy (non-hydrogen) atoms. The van der Waals surface area contributed by atoms with E-state index in [-0.39, 0.29) is 163 Å². The van der Waals surface area contributed by atoms with Crippen LogP contribution in [0.25, 0.3) is 22.5 Å². The second kappa shape index (κ2) is 47.1. The zero-order chi connectivity index (χ0) is 90.5. The number of benzene rings is 5. The van der Waals surface area contributed by atoms with Gasteiger partial charge >= 0.3 is 12.1 Å². The van der Waals surface area contributed by atoms with Crippen LogP contribution >= 0.6 is 0 Å². The lowest BCUT2D eigenvalue weighted by Gasteiger charge is -2.56. The molecule has 2 heterocycles. The number of nitrogens with one attached hydrogen (secondary N) is 7. The maximum absolute atomic E-state index is 14.9. The van der Waals surface area contributed by atoms with Crippen LogP contribution in [0.15, 0.2) is 109 Å². The Hall–Kier alpha value is -10.4. The largest absolute Gasteiger partial charge is 0.444 e. The van der Waals surface area contributed by atoms with Crippen LogP contribution in [0.1, 0.15) is 185 Å². The molecule has 0 unspecified atom stereocenters. The molecule has 6 aromatic rings. The van der Waals surface area contributed by atoms with Crippen LogP contribution in [-0.2, 0) is 120 Å². The summed E-state index contributed by atoms with van der Waals surface area (Å²) in [6.45, 7) is 20.1. The van der Waals surface area contributed by atoms with E-state index in [1.54, 1.807) is 43.0 Å². The predicted molar refractivity (Wildman–Crippen MR) is 481 cm³/mol. The molecule has 11 N–H and O–H groups in total. The highest BCUT2D eigenvalue weighted by Gasteiger charge is 2.59. The van der Waals surface area contributed by atoms with Crippen LogP contribution in [0.4, 0.5) is 32.3 Å². The van der Waals surface area contributed by atoms with Crippen molar-refractivity contribution < 1.29 is 85.8 Å². The van der Waals surface area contributed by atoms with Gasteiger partial charge in [0, 0.05) is 79.5 Å². The lowest BCUT2D eigenvalue weighted by atomic mass is 9.49. The highest BCUT2D eigenvalue weighted by Crippen LogP contribution is 2.60. The first-order valence-corrected chi connectivity index (χ1v) is 45.3. The molecule has 5 aromatic carbocycles. The number of urea groups is 1. The molecule has 31 heteroatoms. The molecule has 10 amide bonds. The van der Waals surface area contributed by atoms with Crippen molar-refractivity contribution in [3.8, 4) is 22.5 Å².